The summed E-state index contributed by atoms with van der Waals surface area (Å²) in [6.45, 7) is 6.73. The molecule has 7 nitrogen and oxygen atoms in total. The number of ether oxygens (including phenoxy) is 1. The van der Waals surface area contributed by atoms with Crippen LogP contribution in [0.4, 0.5) is 10.5 Å². The normalized spacial score (nSPS) is 23.3. The van der Waals surface area contributed by atoms with Crippen LogP contribution in [0, 0.1) is 11.8 Å². The lowest BCUT2D eigenvalue weighted by atomic mass is 9.95. The molecule has 1 unspecified atom stereocenters. The van der Waals surface area contributed by atoms with Crippen LogP contribution in [0.2, 0.25) is 0 Å². The SMILES string of the molecule is O=C(NCC1CCN(c2ccccc2)C1)N1CCC(C(=O)N2CCOCC2)CC1. The number of nitrogens with zero attached hydrogens (tertiary/aromatic N) is 3. The van der Waals surface area contributed by atoms with E-state index in [2.05, 4.69) is 34.5 Å². The number of hydrogen-bond acceptors (Lipinski definition) is 4. The number of urea groups is 1. The van der Waals surface area contributed by atoms with Gasteiger partial charge in [0.2, 0.25) is 5.91 Å². The number of benzene rings is 1. The fraction of sp³-hybridized carbons (Fsp3) is 0.636. The maximum Gasteiger partial charge on any atom is 0.317 e. The monoisotopic (exact) mass is 400 g/mol. The molecule has 1 aromatic rings. The van der Waals surface area contributed by atoms with Gasteiger partial charge in [0.1, 0.15) is 0 Å². The quantitative estimate of drug-likeness (QED) is 0.837. The molecule has 3 aliphatic heterocycles. The van der Waals surface area contributed by atoms with Crippen LogP contribution in [0.1, 0.15) is 19.3 Å². The molecule has 0 aromatic heterocycles. The van der Waals surface area contributed by atoms with Gasteiger partial charge in [-0.1, -0.05) is 18.2 Å². The molecular weight excluding hydrogens is 368 g/mol. The number of anilines is 1. The smallest absolute Gasteiger partial charge is 0.317 e. The van der Waals surface area contributed by atoms with E-state index in [1.54, 1.807) is 0 Å². The van der Waals surface area contributed by atoms with E-state index < -0.39 is 0 Å². The van der Waals surface area contributed by atoms with Crippen LogP contribution in [-0.2, 0) is 9.53 Å². The van der Waals surface area contributed by atoms with E-state index in [1.165, 1.54) is 5.69 Å². The minimum absolute atomic E-state index is 0.0143. The van der Waals surface area contributed by atoms with Crippen LogP contribution in [0.15, 0.2) is 30.3 Å². The molecule has 0 aliphatic carbocycles. The van der Waals surface area contributed by atoms with E-state index in [0.29, 0.717) is 45.3 Å². The van der Waals surface area contributed by atoms with Crippen molar-refractivity contribution in [3.8, 4) is 0 Å². The summed E-state index contributed by atoms with van der Waals surface area (Å²) in [5, 5.41) is 3.12. The highest BCUT2D eigenvalue weighted by molar-refractivity contribution is 5.80. The van der Waals surface area contributed by atoms with Crippen molar-refractivity contribution in [2.24, 2.45) is 11.8 Å². The summed E-state index contributed by atoms with van der Waals surface area (Å²) in [5.41, 5.74) is 1.26. The van der Waals surface area contributed by atoms with Gasteiger partial charge in [0.05, 0.1) is 13.2 Å². The Balaban J connectivity index is 1.17. The van der Waals surface area contributed by atoms with Crippen LogP contribution >= 0.6 is 0 Å². The highest BCUT2D eigenvalue weighted by Gasteiger charge is 2.31. The second-order valence-electron chi connectivity index (χ2n) is 8.32. The van der Waals surface area contributed by atoms with Gasteiger partial charge in [-0.15, -0.1) is 0 Å². The number of para-hydroxylation sites is 1. The fourth-order valence-corrected chi connectivity index (χ4v) is 4.59. The Hall–Kier alpha value is -2.28. The van der Waals surface area contributed by atoms with E-state index in [0.717, 1.165) is 38.9 Å². The maximum absolute atomic E-state index is 12.6. The first-order valence-corrected chi connectivity index (χ1v) is 10.9. The number of hydrogen-bond donors (Lipinski definition) is 1. The summed E-state index contributed by atoms with van der Waals surface area (Å²) in [6.07, 6.45) is 2.62. The molecule has 158 valence electrons. The number of piperidine rings is 1. The molecule has 7 heteroatoms. The molecule has 3 aliphatic rings. The molecular formula is C22H32N4O3. The van der Waals surface area contributed by atoms with Crippen molar-refractivity contribution in [1.82, 2.24) is 15.1 Å². The molecule has 4 rings (SSSR count). The van der Waals surface area contributed by atoms with Gasteiger partial charge in [-0.25, -0.2) is 4.79 Å². The van der Waals surface area contributed by atoms with E-state index in [1.807, 2.05) is 15.9 Å². The lowest BCUT2D eigenvalue weighted by Crippen LogP contribution is -2.50. The zero-order valence-electron chi connectivity index (χ0n) is 17.1. The van der Waals surface area contributed by atoms with Crippen molar-refractivity contribution in [1.29, 1.82) is 0 Å². The summed E-state index contributed by atoms with van der Waals surface area (Å²) in [7, 11) is 0. The summed E-state index contributed by atoms with van der Waals surface area (Å²) in [5.74, 6) is 0.770. The average Bonchev–Trinajstić information content (AvgIpc) is 3.27. The zero-order chi connectivity index (χ0) is 20.1. The molecule has 3 saturated heterocycles. The topological polar surface area (TPSA) is 65.1 Å². The van der Waals surface area contributed by atoms with Gasteiger partial charge in [0, 0.05) is 57.4 Å². The van der Waals surface area contributed by atoms with E-state index in [4.69, 9.17) is 4.74 Å². The Labute approximate surface area is 173 Å². The minimum atomic E-state index is 0.0143. The third-order valence-corrected chi connectivity index (χ3v) is 6.40. The van der Waals surface area contributed by atoms with Gasteiger partial charge in [0.25, 0.3) is 0 Å². The molecule has 0 bridgehead atoms. The molecule has 0 saturated carbocycles. The summed E-state index contributed by atoms with van der Waals surface area (Å²) in [4.78, 5) is 31.4. The predicted molar refractivity (Wildman–Crippen MR) is 112 cm³/mol. The van der Waals surface area contributed by atoms with Crippen LogP contribution < -0.4 is 10.2 Å². The minimum Gasteiger partial charge on any atom is -0.378 e. The number of nitrogens with one attached hydrogen (secondary N) is 1. The highest BCUT2D eigenvalue weighted by atomic mass is 16.5. The standard InChI is InChI=1S/C22H32N4O3/c27-21(24-12-14-29-15-13-24)19-7-10-25(11-8-19)22(28)23-16-18-6-9-26(17-18)20-4-2-1-3-5-20/h1-5,18-19H,6-17H2,(H,23,28). The van der Waals surface area contributed by atoms with Crippen molar-refractivity contribution in [3.63, 3.8) is 0 Å². The second-order valence-corrected chi connectivity index (χ2v) is 8.32. The first-order valence-electron chi connectivity index (χ1n) is 10.9. The summed E-state index contributed by atoms with van der Waals surface area (Å²) in [6, 6.07) is 10.5. The predicted octanol–water partition coefficient (Wildman–Crippen LogP) is 1.79. The van der Waals surface area contributed by atoms with Gasteiger partial charge < -0.3 is 24.8 Å². The first kappa shape index (κ1) is 20.0. The van der Waals surface area contributed by atoms with Crippen molar-refractivity contribution < 1.29 is 14.3 Å². The molecule has 0 radical (unpaired) electrons. The molecule has 0 spiro atoms. The molecule has 3 amide bonds. The van der Waals surface area contributed by atoms with Gasteiger partial charge >= 0.3 is 6.03 Å². The molecule has 1 atom stereocenters. The number of rotatable bonds is 4. The first-order chi connectivity index (χ1) is 14.2. The molecule has 29 heavy (non-hydrogen) atoms. The summed E-state index contributed by atoms with van der Waals surface area (Å²) < 4.78 is 5.33. The number of morpholine rings is 1. The van der Waals surface area contributed by atoms with Gasteiger partial charge in [-0.05, 0) is 37.3 Å². The number of amides is 3. The van der Waals surface area contributed by atoms with Gasteiger partial charge in [-0.3, -0.25) is 4.79 Å². The van der Waals surface area contributed by atoms with Crippen LogP contribution in [-0.4, -0.2) is 80.8 Å². The van der Waals surface area contributed by atoms with E-state index in [-0.39, 0.29) is 17.9 Å². The van der Waals surface area contributed by atoms with E-state index >= 15 is 0 Å². The Kier molecular flexibility index (Phi) is 6.54. The molecule has 1 N–H and O–H groups in total. The second kappa shape index (κ2) is 9.48. The van der Waals surface area contributed by atoms with Crippen molar-refractivity contribution in [3.05, 3.63) is 30.3 Å². The van der Waals surface area contributed by atoms with Gasteiger partial charge in [-0.2, -0.15) is 0 Å². The lowest BCUT2D eigenvalue weighted by molar-refractivity contribution is -0.141. The van der Waals surface area contributed by atoms with Crippen LogP contribution in [0.5, 0.6) is 0 Å². The number of likely N-dealkylation sites (tertiary alicyclic amines) is 1. The van der Waals surface area contributed by atoms with Crippen LogP contribution in [0.3, 0.4) is 0 Å². The Morgan fingerprint density at radius 1 is 0.931 bits per heavy atom. The van der Waals surface area contributed by atoms with Crippen molar-refractivity contribution >= 4 is 17.6 Å². The fourth-order valence-electron chi connectivity index (χ4n) is 4.59. The van der Waals surface area contributed by atoms with Crippen molar-refractivity contribution in [2.45, 2.75) is 19.3 Å². The Morgan fingerprint density at radius 2 is 1.66 bits per heavy atom. The van der Waals surface area contributed by atoms with Gasteiger partial charge in [0.15, 0.2) is 0 Å². The Bertz CT molecular complexity index is 685. The average molecular weight is 401 g/mol. The summed E-state index contributed by atoms with van der Waals surface area (Å²) >= 11 is 0. The zero-order valence-corrected chi connectivity index (χ0v) is 17.1. The largest absolute Gasteiger partial charge is 0.378 e. The maximum atomic E-state index is 12.6. The van der Waals surface area contributed by atoms with Crippen molar-refractivity contribution in [2.75, 3.05) is 63.9 Å². The number of carbonyl (C=O) groups excluding carboxylic acids is 2. The van der Waals surface area contributed by atoms with E-state index in [9.17, 15) is 9.59 Å². The number of carbonyl (C=O) groups is 2. The lowest BCUT2D eigenvalue weighted by Gasteiger charge is -2.35. The molecule has 1 aromatic carbocycles. The third kappa shape index (κ3) is 5.01. The highest BCUT2D eigenvalue weighted by Crippen LogP contribution is 2.23. The molecule has 3 fully saturated rings. The Morgan fingerprint density at radius 3 is 2.38 bits per heavy atom. The third-order valence-electron chi connectivity index (χ3n) is 6.40. The van der Waals surface area contributed by atoms with Crippen LogP contribution in [0.25, 0.3) is 0 Å². The molecule has 3 heterocycles.